The summed E-state index contributed by atoms with van der Waals surface area (Å²) in [6, 6.07) is 11.1. The molecule has 0 saturated carbocycles. The standard InChI is InChI=1S/C15H14ClFO4S/c16-14-3-1-2-4-15(14)21-9-12(18)10-22(19,20)13-7-5-11(17)6-8-13/h1-8,12,18H,9-10H2/t12-/m1/s1. The van der Waals surface area contributed by atoms with Crippen molar-refractivity contribution in [2.45, 2.75) is 11.0 Å². The Hall–Kier alpha value is -1.63. The second-order valence-corrected chi connectivity index (χ2v) is 7.07. The van der Waals surface area contributed by atoms with Crippen LogP contribution in [0.2, 0.25) is 5.02 Å². The molecule has 0 radical (unpaired) electrons. The summed E-state index contributed by atoms with van der Waals surface area (Å²) in [5, 5.41) is 10.2. The number of hydrogen-bond acceptors (Lipinski definition) is 4. The van der Waals surface area contributed by atoms with Crippen LogP contribution in [0.5, 0.6) is 5.75 Å². The molecule has 0 aliphatic heterocycles. The summed E-state index contributed by atoms with van der Waals surface area (Å²) < 4.78 is 42.2. The number of aliphatic hydroxyl groups is 1. The monoisotopic (exact) mass is 344 g/mol. The maximum atomic E-state index is 12.8. The lowest BCUT2D eigenvalue weighted by molar-refractivity contribution is 0.125. The van der Waals surface area contributed by atoms with Crippen LogP contribution in [0.25, 0.3) is 0 Å². The Kier molecular flexibility index (Phi) is 5.39. The van der Waals surface area contributed by atoms with Crippen LogP contribution in [0, 0.1) is 5.82 Å². The van der Waals surface area contributed by atoms with Crippen LogP contribution in [0.4, 0.5) is 4.39 Å². The van der Waals surface area contributed by atoms with Gasteiger partial charge in [0.2, 0.25) is 0 Å². The second kappa shape index (κ2) is 7.09. The van der Waals surface area contributed by atoms with Crippen molar-refractivity contribution in [3.8, 4) is 5.75 Å². The van der Waals surface area contributed by atoms with Gasteiger partial charge in [-0.25, -0.2) is 12.8 Å². The van der Waals surface area contributed by atoms with Gasteiger partial charge in [0.1, 0.15) is 24.3 Å². The molecule has 0 spiro atoms. The van der Waals surface area contributed by atoms with E-state index in [2.05, 4.69) is 0 Å². The summed E-state index contributed by atoms with van der Waals surface area (Å²) in [5.41, 5.74) is 0. The van der Waals surface area contributed by atoms with Gasteiger partial charge in [-0.2, -0.15) is 0 Å². The van der Waals surface area contributed by atoms with Gasteiger partial charge in [-0.3, -0.25) is 0 Å². The fourth-order valence-corrected chi connectivity index (χ4v) is 3.32. The molecule has 0 heterocycles. The summed E-state index contributed by atoms with van der Waals surface area (Å²) in [5.74, 6) is -0.688. The smallest absolute Gasteiger partial charge is 0.181 e. The highest BCUT2D eigenvalue weighted by Crippen LogP contribution is 2.23. The lowest BCUT2D eigenvalue weighted by Crippen LogP contribution is -2.27. The lowest BCUT2D eigenvalue weighted by atomic mass is 10.3. The molecule has 0 amide bonds. The Labute approximate surface area is 133 Å². The van der Waals surface area contributed by atoms with Crippen LogP contribution < -0.4 is 4.74 Å². The molecular weight excluding hydrogens is 331 g/mol. The fourth-order valence-electron chi connectivity index (χ4n) is 1.79. The summed E-state index contributed by atoms with van der Waals surface area (Å²) in [6.07, 6.45) is -1.23. The van der Waals surface area contributed by atoms with Crippen LogP contribution >= 0.6 is 11.6 Å². The Morgan fingerprint density at radius 2 is 1.77 bits per heavy atom. The minimum Gasteiger partial charge on any atom is -0.489 e. The molecule has 22 heavy (non-hydrogen) atoms. The van der Waals surface area contributed by atoms with Gasteiger partial charge in [0.05, 0.1) is 15.7 Å². The molecule has 2 aromatic carbocycles. The number of ether oxygens (including phenoxy) is 1. The Balaban J connectivity index is 1.98. The molecule has 0 aliphatic rings. The zero-order chi connectivity index (χ0) is 16.2. The van der Waals surface area contributed by atoms with E-state index in [1.54, 1.807) is 24.3 Å². The third kappa shape index (κ3) is 4.43. The molecule has 0 aliphatic carbocycles. The van der Waals surface area contributed by atoms with Gasteiger partial charge in [-0.05, 0) is 36.4 Å². The highest BCUT2D eigenvalue weighted by Gasteiger charge is 2.20. The van der Waals surface area contributed by atoms with Crippen molar-refractivity contribution in [3.63, 3.8) is 0 Å². The van der Waals surface area contributed by atoms with Crippen LogP contribution in [-0.4, -0.2) is 32.0 Å². The van der Waals surface area contributed by atoms with E-state index < -0.39 is 27.5 Å². The summed E-state index contributed by atoms with van der Waals surface area (Å²) in [4.78, 5) is -0.0503. The van der Waals surface area contributed by atoms with E-state index >= 15 is 0 Å². The first kappa shape index (κ1) is 16.7. The molecule has 4 nitrogen and oxygen atoms in total. The minimum absolute atomic E-state index is 0.0503. The highest BCUT2D eigenvalue weighted by molar-refractivity contribution is 7.91. The van der Waals surface area contributed by atoms with Crippen LogP contribution in [0.3, 0.4) is 0 Å². The van der Waals surface area contributed by atoms with Crippen molar-refractivity contribution in [2.24, 2.45) is 0 Å². The number of para-hydroxylation sites is 1. The molecule has 7 heteroatoms. The van der Waals surface area contributed by atoms with Crippen molar-refractivity contribution < 1.29 is 22.7 Å². The number of hydrogen-bond donors (Lipinski definition) is 1. The number of benzene rings is 2. The zero-order valence-corrected chi connectivity index (χ0v) is 13.0. The molecule has 1 atom stereocenters. The normalized spacial score (nSPS) is 12.9. The summed E-state index contributed by atoms with van der Waals surface area (Å²) >= 11 is 5.89. The van der Waals surface area contributed by atoms with E-state index in [0.717, 1.165) is 24.3 Å². The van der Waals surface area contributed by atoms with Gasteiger partial charge in [-0.15, -0.1) is 0 Å². The van der Waals surface area contributed by atoms with Gasteiger partial charge in [-0.1, -0.05) is 23.7 Å². The van der Waals surface area contributed by atoms with Gasteiger partial charge in [0.15, 0.2) is 9.84 Å². The first-order chi connectivity index (χ1) is 10.4. The van der Waals surface area contributed by atoms with Crippen molar-refractivity contribution in [1.82, 2.24) is 0 Å². The highest BCUT2D eigenvalue weighted by atomic mass is 35.5. The second-order valence-electron chi connectivity index (χ2n) is 4.63. The van der Waals surface area contributed by atoms with Crippen molar-refractivity contribution in [1.29, 1.82) is 0 Å². The zero-order valence-electron chi connectivity index (χ0n) is 11.4. The minimum atomic E-state index is -3.72. The van der Waals surface area contributed by atoms with E-state index in [4.69, 9.17) is 16.3 Å². The number of aliphatic hydroxyl groups excluding tert-OH is 1. The Morgan fingerprint density at radius 1 is 1.14 bits per heavy atom. The van der Waals surface area contributed by atoms with Gasteiger partial charge >= 0.3 is 0 Å². The molecule has 0 unspecified atom stereocenters. The maximum absolute atomic E-state index is 12.8. The van der Waals surface area contributed by atoms with Crippen molar-refractivity contribution >= 4 is 21.4 Å². The third-order valence-electron chi connectivity index (χ3n) is 2.85. The van der Waals surface area contributed by atoms with Gasteiger partial charge in [0.25, 0.3) is 0 Å². The average molecular weight is 345 g/mol. The Morgan fingerprint density at radius 3 is 2.41 bits per heavy atom. The van der Waals surface area contributed by atoms with Crippen LogP contribution in [0.1, 0.15) is 0 Å². The fraction of sp³-hybridized carbons (Fsp3) is 0.200. The molecule has 0 fully saturated rings. The average Bonchev–Trinajstić information content (AvgIpc) is 2.46. The quantitative estimate of drug-likeness (QED) is 0.818. The molecule has 1 N–H and O–H groups in total. The molecular formula is C15H14ClFO4S. The molecule has 2 rings (SSSR count). The summed E-state index contributed by atoms with van der Waals surface area (Å²) in [6.45, 7) is -0.218. The van der Waals surface area contributed by atoms with Gasteiger partial charge in [0, 0.05) is 0 Å². The number of sulfone groups is 1. The molecule has 118 valence electrons. The van der Waals surface area contributed by atoms with Crippen molar-refractivity contribution in [3.05, 3.63) is 59.4 Å². The molecule has 0 aromatic heterocycles. The summed E-state index contributed by atoms with van der Waals surface area (Å²) in [7, 11) is -3.72. The van der Waals surface area contributed by atoms with Gasteiger partial charge < -0.3 is 9.84 Å². The van der Waals surface area contributed by atoms with Crippen molar-refractivity contribution in [2.75, 3.05) is 12.4 Å². The lowest BCUT2D eigenvalue weighted by Gasteiger charge is -2.13. The SMILES string of the molecule is O=S(=O)(C[C@H](O)COc1ccccc1Cl)c1ccc(F)cc1. The van der Waals surface area contributed by atoms with E-state index in [1.807, 2.05) is 0 Å². The topological polar surface area (TPSA) is 63.6 Å². The molecule has 2 aromatic rings. The maximum Gasteiger partial charge on any atom is 0.181 e. The first-order valence-electron chi connectivity index (χ1n) is 6.42. The van der Waals surface area contributed by atoms with E-state index in [9.17, 15) is 17.9 Å². The Bertz CT molecular complexity index is 731. The van der Waals surface area contributed by atoms with E-state index in [0.29, 0.717) is 10.8 Å². The molecule has 0 saturated heterocycles. The van der Waals surface area contributed by atoms with Crippen LogP contribution in [-0.2, 0) is 9.84 Å². The largest absolute Gasteiger partial charge is 0.489 e. The predicted octanol–water partition coefficient (Wildman–Crippen LogP) is 2.69. The van der Waals surface area contributed by atoms with E-state index in [-0.39, 0.29) is 11.5 Å². The predicted molar refractivity (Wildman–Crippen MR) is 81.4 cm³/mol. The number of halogens is 2. The van der Waals surface area contributed by atoms with E-state index in [1.165, 1.54) is 0 Å². The number of rotatable bonds is 6. The first-order valence-corrected chi connectivity index (χ1v) is 8.45. The molecule has 0 bridgehead atoms. The third-order valence-corrected chi connectivity index (χ3v) is 4.98. The van der Waals surface area contributed by atoms with Crippen LogP contribution in [0.15, 0.2) is 53.4 Å².